The molecule has 0 saturated heterocycles. The van der Waals surface area contributed by atoms with Crippen LogP contribution in [0, 0.1) is 0 Å². The lowest BCUT2D eigenvalue weighted by Gasteiger charge is -2.18. The lowest BCUT2D eigenvalue weighted by molar-refractivity contribution is 0.670. The van der Waals surface area contributed by atoms with Gasteiger partial charge in [0, 0.05) is 42.1 Å². The second kappa shape index (κ2) is 13.0. The van der Waals surface area contributed by atoms with Gasteiger partial charge < -0.3 is 4.42 Å². The maximum atomic E-state index is 6.97. The maximum absolute atomic E-state index is 6.97. The molecule has 1 nitrogen and oxygen atoms in total. The Labute approximate surface area is 350 Å². The quantitative estimate of drug-likeness (QED) is 0.162. The van der Waals surface area contributed by atoms with Gasteiger partial charge >= 0.3 is 0 Å². The highest BCUT2D eigenvalue weighted by atomic mass is 32.1. The Bertz CT molecular complexity index is 3770. The number of furan rings is 1. The number of hydrogen-bond donors (Lipinski definition) is 0. The van der Waals surface area contributed by atoms with Crippen molar-refractivity contribution in [2.75, 3.05) is 0 Å². The van der Waals surface area contributed by atoms with Crippen LogP contribution in [-0.2, 0) is 0 Å². The molecule has 278 valence electrons. The highest BCUT2D eigenvalue weighted by Crippen LogP contribution is 2.49. The normalized spacial score (nSPS) is 12.0. The highest BCUT2D eigenvalue weighted by Gasteiger charge is 2.22. The standard InChI is InChI=1S/C58H34OS/c1-2-15-35(16-3-1)54-39-18-4-6-20-41(39)55(42-21-7-5-19-40(42)54)36-29-31-51-49(33-36)47-26-14-27-48(58(47)59-51)57-45-24-10-8-22-43(45)56(44-23-9-11-25-46(44)57)37-30-32-53-50(34-37)38-17-12-13-28-52(38)60-53/h1-34H. The zero-order valence-corrected chi connectivity index (χ0v) is 33.3. The first kappa shape index (κ1) is 33.5. The van der Waals surface area contributed by atoms with Crippen LogP contribution in [0.5, 0.6) is 0 Å². The third kappa shape index (κ3) is 4.86. The van der Waals surface area contributed by atoms with Crippen LogP contribution in [0.2, 0.25) is 0 Å². The van der Waals surface area contributed by atoms with Gasteiger partial charge in [-0.25, -0.2) is 0 Å². The fraction of sp³-hybridized carbons (Fsp3) is 0. The van der Waals surface area contributed by atoms with E-state index in [1.807, 2.05) is 11.3 Å². The van der Waals surface area contributed by atoms with Gasteiger partial charge in [0.25, 0.3) is 0 Å². The van der Waals surface area contributed by atoms with Crippen molar-refractivity contribution < 1.29 is 4.42 Å². The van der Waals surface area contributed by atoms with Crippen LogP contribution >= 0.6 is 11.3 Å². The third-order valence-corrected chi connectivity index (χ3v) is 13.8. The number of benzene rings is 11. The topological polar surface area (TPSA) is 13.1 Å². The van der Waals surface area contributed by atoms with Crippen molar-refractivity contribution in [1.29, 1.82) is 0 Å². The summed E-state index contributed by atoms with van der Waals surface area (Å²) in [7, 11) is 0. The molecule has 2 heterocycles. The van der Waals surface area contributed by atoms with E-state index in [4.69, 9.17) is 4.42 Å². The van der Waals surface area contributed by atoms with E-state index in [-0.39, 0.29) is 0 Å². The van der Waals surface area contributed by atoms with Crippen molar-refractivity contribution in [3.8, 4) is 44.5 Å². The van der Waals surface area contributed by atoms with Gasteiger partial charge in [0.05, 0.1) is 0 Å². The van der Waals surface area contributed by atoms with Gasteiger partial charge in [-0.15, -0.1) is 11.3 Å². The Morgan fingerprint density at radius 2 is 0.700 bits per heavy atom. The Hall–Kier alpha value is -7.52. The van der Waals surface area contributed by atoms with Gasteiger partial charge in [0.1, 0.15) is 11.2 Å². The van der Waals surface area contributed by atoms with Crippen LogP contribution in [0.1, 0.15) is 0 Å². The van der Waals surface area contributed by atoms with Crippen molar-refractivity contribution in [2.45, 2.75) is 0 Å². The summed E-state index contributed by atoms with van der Waals surface area (Å²) >= 11 is 1.86. The molecular weight excluding hydrogens is 745 g/mol. The summed E-state index contributed by atoms with van der Waals surface area (Å²) in [5.41, 5.74) is 11.5. The second-order valence-electron chi connectivity index (χ2n) is 15.9. The summed E-state index contributed by atoms with van der Waals surface area (Å²) < 4.78 is 9.61. The average molecular weight is 779 g/mol. The Morgan fingerprint density at radius 3 is 1.28 bits per heavy atom. The van der Waals surface area contributed by atoms with Crippen LogP contribution < -0.4 is 0 Å². The average Bonchev–Trinajstić information content (AvgIpc) is 3.88. The number of thiophene rings is 1. The van der Waals surface area contributed by atoms with Crippen molar-refractivity contribution in [3.05, 3.63) is 206 Å². The van der Waals surface area contributed by atoms with Gasteiger partial charge in [0.2, 0.25) is 0 Å². The minimum absolute atomic E-state index is 0.886. The molecule has 0 aliphatic rings. The van der Waals surface area contributed by atoms with Gasteiger partial charge in [0.15, 0.2) is 0 Å². The second-order valence-corrected chi connectivity index (χ2v) is 16.9. The predicted molar refractivity (Wildman–Crippen MR) is 258 cm³/mol. The molecule has 2 aromatic heterocycles. The van der Waals surface area contributed by atoms with Crippen LogP contribution in [0.4, 0.5) is 0 Å². The molecule has 0 amide bonds. The molecule has 0 unspecified atom stereocenters. The van der Waals surface area contributed by atoms with Gasteiger partial charge in [-0.1, -0.05) is 176 Å². The van der Waals surface area contributed by atoms with E-state index in [9.17, 15) is 0 Å². The zero-order chi connectivity index (χ0) is 39.3. The molecule has 0 bridgehead atoms. The molecule has 0 fully saturated rings. The monoisotopic (exact) mass is 778 g/mol. The highest BCUT2D eigenvalue weighted by molar-refractivity contribution is 7.25. The van der Waals surface area contributed by atoms with Gasteiger partial charge in [-0.05, 0) is 107 Å². The molecule has 0 N–H and O–H groups in total. The largest absolute Gasteiger partial charge is 0.455 e. The van der Waals surface area contributed by atoms with E-state index in [1.54, 1.807) is 0 Å². The minimum Gasteiger partial charge on any atom is -0.455 e. The summed E-state index contributed by atoms with van der Waals surface area (Å²) in [5, 5.41) is 14.7. The van der Waals surface area contributed by atoms with E-state index < -0.39 is 0 Å². The SMILES string of the molecule is c1ccc(-c2c3ccccc3c(-c3ccc4oc5c(-c6c7ccccc7c(-c7ccc8sc9ccccc9c8c7)c7ccccc67)cccc5c4c3)c3ccccc23)cc1. The molecule has 0 spiro atoms. The van der Waals surface area contributed by atoms with E-state index in [1.165, 1.54) is 102 Å². The number of hydrogen-bond acceptors (Lipinski definition) is 2. The predicted octanol–water partition coefficient (Wildman–Crippen LogP) is 17.2. The molecular formula is C58H34OS. The lowest BCUT2D eigenvalue weighted by atomic mass is 9.85. The molecule has 11 aromatic carbocycles. The molecule has 0 radical (unpaired) electrons. The summed E-state index contributed by atoms with van der Waals surface area (Å²) in [6, 6.07) is 75.6. The van der Waals surface area contributed by atoms with E-state index in [0.29, 0.717) is 0 Å². The summed E-state index contributed by atoms with van der Waals surface area (Å²) in [5.74, 6) is 0. The lowest BCUT2D eigenvalue weighted by Crippen LogP contribution is -1.91. The molecule has 0 aliphatic carbocycles. The molecule has 13 rings (SSSR count). The smallest absolute Gasteiger partial charge is 0.143 e. The molecule has 0 saturated carbocycles. The molecule has 60 heavy (non-hydrogen) atoms. The van der Waals surface area contributed by atoms with Crippen molar-refractivity contribution in [3.63, 3.8) is 0 Å². The first-order valence-corrected chi connectivity index (χ1v) is 21.4. The Kier molecular flexibility index (Phi) is 7.24. The van der Waals surface area contributed by atoms with Crippen LogP contribution in [0.3, 0.4) is 0 Å². The van der Waals surface area contributed by atoms with Gasteiger partial charge in [-0.3, -0.25) is 0 Å². The Balaban J connectivity index is 1.05. The summed E-state index contributed by atoms with van der Waals surface area (Å²) in [6.07, 6.45) is 0. The first-order chi connectivity index (χ1) is 29.8. The molecule has 2 heteroatoms. The molecule has 0 aliphatic heterocycles. The first-order valence-electron chi connectivity index (χ1n) is 20.6. The Morgan fingerprint density at radius 1 is 0.267 bits per heavy atom. The van der Waals surface area contributed by atoms with Crippen molar-refractivity contribution >= 4 is 96.5 Å². The fourth-order valence-corrected chi connectivity index (χ4v) is 11.2. The minimum atomic E-state index is 0.886. The number of rotatable bonds is 4. The van der Waals surface area contributed by atoms with Crippen LogP contribution in [0.25, 0.3) is 130 Å². The van der Waals surface area contributed by atoms with Crippen molar-refractivity contribution in [1.82, 2.24) is 0 Å². The summed E-state index contributed by atoms with van der Waals surface area (Å²) in [4.78, 5) is 0. The number of para-hydroxylation sites is 1. The maximum Gasteiger partial charge on any atom is 0.143 e. The van der Waals surface area contributed by atoms with E-state index in [0.717, 1.165) is 27.5 Å². The third-order valence-electron chi connectivity index (χ3n) is 12.6. The molecule has 0 atom stereocenters. The number of fused-ring (bicyclic) bond motifs is 10. The van der Waals surface area contributed by atoms with Crippen molar-refractivity contribution in [2.24, 2.45) is 0 Å². The molecule has 13 aromatic rings. The summed E-state index contributed by atoms with van der Waals surface area (Å²) in [6.45, 7) is 0. The van der Waals surface area contributed by atoms with E-state index in [2.05, 4.69) is 206 Å². The van der Waals surface area contributed by atoms with Gasteiger partial charge in [-0.2, -0.15) is 0 Å². The zero-order valence-electron chi connectivity index (χ0n) is 32.4. The van der Waals surface area contributed by atoms with Crippen LogP contribution in [-0.4, -0.2) is 0 Å². The fourth-order valence-electron chi connectivity index (χ4n) is 10.1. The van der Waals surface area contributed by atoms with E-state index >= 15 is 0 Å². The van der Waals surface area contributed by atoms with Crippen LogP contribution in [0.15, 0.2) is 211 Å².